The first kappa shape index (κ1) is 15.1. The number of thiazole rings is 1. The molecule has 0 aromatic carbocycles. The van der Waals surface area contributed by atoms with Crippen molar-refractivity contribution in [3.63, 3.8) is 0 Å². The van der Waals surface area contributed by atoms with Gasteiger partial charge in [0.2, 0.25) is 0 Å². The van der Waals surface area contributed by atoms with Crippen LogP contribution < -0.4 is 5.32 Å². The maximum Gasteiger partial charge on any atom is 0.413 e. The lowest BCUT2D eigenvalue weighted by Crippen LogP contribution is -2.48. The molecule has 8 heteroatoms. The first-order valence-corrected chi connectivity index (χ1v) is 7.94. The van der Waals surface area contributed by atoms with E-state index in [0.717, 1.165) is 10.6 Å². The van der Waals surface area contributed by atoms with Crippen molar-refractivity contribution < 1.29 is 14.3 Å². The van der Waals surface area contributed by atoms with Crippen molar-refractivity contribution in [3.8, 4) is 6.19 Å². The summed E-state index contributed by atoms with van der Waals surface area (Å²) in [5.74, 6) is 0. The highest BCUT2D eigenvalue weighted by Gasteiger charge is 2.40. The van der Waals surface area contributed by atoms with Crippen LogP contribution >= 0.6 is 11.3 Å². The lowest BCUT2D eigenvalue weighted by Gasteiger charge is -2.41. The number of morpholine rings is 1. The predicted octanol–water partition coefficient (Wildman–Crippen LogP) is 2.27. The van der Waals surface area contributed by atoms with Crippen LogP contribution in [0, 0.1) is 11.5 Å². The number of fused-ring (bicyclic) bond motifs is 4. The van der Waals surface area contributed by atoms with Crippen LogP contribution in [0.5, 0.6) is 0 Å². The van der Waals surface area contributed by atoms with E-state index in [2.05, 4.69) is 16.5 Å². The van der Waals surface area contributed by atoms with Gasteiger partial charge in [-0.1, -0.05) is 11.3 Å². The first-order chi connectivity index (χ1) is 10.4. The fraction of sp³-hybridized carbons (Fsp3) is 0.643. The number of nitrogens with zero attached hydrogens (tertiary/aromatic N) is 3. The number of hydrogen-bond donors (Lipinski definition) is 1. The average Bonchev–Trinajstić information content (AvgIpc) is 2.77. The number of nitrogens with one attached hydrogen (secondary N) is 1. The minimum absolute atomic E-state index is 0.0349. The van der Waals surface area contributed by atoms with Crippen LogP contribution in [0.15, 0.2) is 0 Å². The summed E-state index contributed by atoms with van der Waals surface area (Å²) in [6, 6.07) is -0.0630. The molecule has 1 aromatic rings. The summed E-state index contributed by atoms with van der Waals surface area (Å²) in [6.07, 6.45) is 2.39. The smallest absolute Gasteiger partial charge is 0.413 e. The van der Waals surface area contributed by atoms with Gasteiger partial charge in [0.25, 0.3) is 0 Å². The Hall–Kier alpha value is -1.85. The summed E-state index contributed by atoms with van der Waals surface area (Å²) in [5.41, 5.74) is 0.393. The number of rotatable bonds is 1. The molecule has 2 atom stereocenters. The molecule has 3 heterocycles. The molecule has 1 fully saturated rings. The van der Waals surface area contributed by atoms with E-state index in [1.54, 1.807) is 4.90 Å². The van der Waals surface area contributed by atoms with Crippen molar-refractivity contribution in [2.24, 2.45) is 0 Å². The number of nitriles is 1. The van der Waals surface area contributed by atoms with Gasteiger partial charge in [-0.25, -0.2) is 9.78 Å². The van der Waals surface area contributed by atoms with Gasteiger partial charge in [0.1, 0.15) is 5.60 Å². The van der Waals surface area contributed by atoms with Crippen molar-refractivity contribution in [2.45, 2.75) is 44.9 Å². The van der Waals surface area contributed by atoms with Crippen molar-refractivity contribution in [1.29, 1.82) is 5.26 Å². The SMILES string of the molecule is CC(C)(C)OC(=O)Nc1nc2c(s1)C1COCC(C2)N1C#N. The van der Waals surface area contributed by atoms with E-state index >= 15 is 0 Å². The molecule has 2 aliphatic rings. The molecule has 1 saturated heterocycles. The summed E-state index contributed by atoms with van der Waals surface area (Å²) in [5, 5.41) is 12.5. The lowest BCUT2D eigenvalue weighted by molar-refractivity contribution is -0.0276. The molecular formula is C14H18N4O3S. The monoisotopic (exact) mass is 322 g/mol. The minimum atomic E-state index is -0.553. The number of carbonyl (C=O) groups is 1. The van der Waals surface area contributed by atoms with Gasteiger partial charge in [-0.2, -0.15) is 5.26 Å². The van der Waals surface area contributed by atoms with Gasteiger partial charge >= 0.3 is 6.09 Å². The minimum Gasteiger partial charge on any atom is -0.444 e. The molecular weight excluding hydrogens is 304 g/mol. The summed E-state index contributed by atoms with van der Waals surface area (Å²) in [7, 11) is 0. The Balaban J connectivity index is 1.79. The van der Waals surface area contributed by atoms with Crippen LogP contribution in [0.1, 0.15) is 37.4 Å². The summed E-state index contributed by atoms with van der Waals surface area (Å²) in [4.78, 5) is 19.1. The molecule has 2 aliphatic heterocycles. The average molecular weight is 322 g/mol. The topological polar surface area (TPSA) is 87.5 Å². The molecule has 118 valence electrons. The summed E-state index contributed by atoms with van der Waals surface area (Å²) in [6.45, 7) is 6.45. The second-order valence-corrected chi connectivity index (χ2v) is 7.41. The third-order valence-electron chi connectivity index (χ3n) is 3.50. The zero-order valence-corrected chi connectivity index (χ0v) is 13.6. The fourth-order valence-electron chi connectivity index (χ4n) is 2.68. The van der Waals surface area contributed by atoms with Crippen molar-refractivity contribution in [2.75, 3.05) is 18.5 Å². The number of hydrogen-bond acceptors (Lipinski definition) is 7. The summed E-state index contributed by atoms with van der Waals surface area (Å²) < 4.78 is 10.8. The molecule has 3 rings (SSSR count). The second kappa shape index (κ2) is 5.41. The zero-order valence-electron chi connectivity index (χ0n) is 12.8. The Morgan fingerprint density at radius 3 is 3.00 bits per heavy atom. The molecule has 22 heavy (non-hydrogen) atoms. The largest absolute Gasteiger partial charge is 0.444 e. The third kappa shape index (κ3) is 2.87. The zero-order chi connectivity index (χ0) is 15.9. The molecule has 0 saturated carbocycles. The predicted molar refractivity (Wildman–Crippen MR) is 80.5 cm³/mol. The Kier molecular flexibility index (Phi) is 3.70. The van der Waals surface area contributed by atoms with Crippen LogP contribution in [0.25, 0.3) is 0 Å². The highest BCUT2D eigenvalue weighted by Crippen LogP contribution is 2.40. The van der Waals surface area contributed by atoms with E-state index < -0.39 is 11.7 Å². The van der Waals surface area contributed by atoms with Crippen LogP contribution in [-0.4, -0.2) is 40.8 Å². The molecule has 0 radical (unpaired) electrons. The number of amides is 1. The van der Waals surface area contributed by atoms with Gasteiger partial charge in [0, 0.05) is 6.42 Å². The normalized spacial score (nSPS) is 23.5. The van der Waals surface area contributed by atoms with Crippen LogP contribution in [0.3, 0.4) is 0 Å². The Morgan fingerprint density at radius 2 is 2.32 bits per heavy atom. The number of ether oxygens (including phenoxy) is 2. The first-order valence-electron chi connectivity index (χ1n) is 7.13. The maximum absolute atomic E-state index is 11.8. The van der Waals surface area contributed by atoms with Gasteiger partial charge in [0.05, 0.1) is 35.9 Å². The van der Waals surface area contributed by atoms with Crippen LogP contribution in [0.4, 0.5) is 9.93 Å². The Bertz CT molecular complexity index is 631. The second-order valence-electron chi connectivity index (χ2n) is 6.38. The molecule has 1 aromatic heterocycles. The van der Waals surface area contributed by atoms with E-state index in [0.29, 0.717) is 24.8 Å². The molecule has 2 bridgehead atoms. The van der Waals surface area contributed by atoms with Crippen LogP contribution in [0.2, 0.25) is 0 Å². The van der Waals surface area contributed by atoms with Gasteiger partial charge in [-0.05, 0) is 20.8 Å². The van der Waals surface area contributed by atoms with Crippen molar-refractivity contribution >= 4 is 22.6 Å². The summed E-state index contributed by atoms with van der Waals surface area (Å²) >= 11 is 1.38. The van der Waals surface area contributed by atoms with E-state index in [-0.39, 0.29) is 12.1 Å². The lowest BCUT2D eigenvalue weighted by atomic mass is 9.97. The standard InChI is InChI=1S/C14H18N4O3S/c1-14(2,3)21-13(19)17-12-16-9-4-8-5-20-6-10(11(9)22-12)18(8)7-15/h8,10H,4-6H2,1-3H3,(H,16,17,19). The highest BCUT2D eigenvalue weighted by atomic mass is 32.1. The maximum atomic E-state index is 11.8. The highest BCUT2D eigenvalue weighted by molar-refractivity contribution is 7.16. The van der Waals surface area contributed by atoms with Crippen LogP contribution in [-0.2, 0) is 15.9 Å². The van der Waals surface area contributed by atoms with Gasteiger partial charge in [-0.3, -0.25) is 10.2 Å². The van der Waals surface area contributed by atoms with Gasteiger partial charge < -0.3 is 9.47 Å². The Morgan fingerprint density at radius 1 is 1.55 bits per heavy atom. The number of anilines is 1. The number of aromatic nitrogens is 1. The van der Waals surface area contributed by atoms with Crippen molar-refractivity contribution in [1.82, 2.24) is 9.88 Å². The van der Waals surface area contributed by atoms with Gasteiger partial charge in [0.15, 0.2) is 11.3 Å². The molecule has 1 amide bonds. The van der Waals surface area contributed by atoms with E-state index in [9.17, 15) is 10.1 Å². The van der Waals surface area contributed by atoms with E-state index in [4.69, 9.17) is 9.47 Å². The number of carbonyl (C=O) groups excluding carboxylic acids is 1. The van der Waals surface area contributed by atoms with E-state index in [1.807, 2.05) is 20.8 Å². The molecule has 7 nitrogen and oxygen atoms in total. The molecule has 0 aliphatic carbocycles. The van der Waals surface area contributed by atoms with E-state index in [1.165, 1.54) is 11.3 Å². The molecule has 1 N–H and O–H groups in total. The third-order valence-corrected chi connectivity index (χ3v) is 4.61. The Labute approximate surface area is 132 Å². The van der Waals surface area contributed by atoms with Crippen molar-refractivity contribution in [3.05, 3.63) is 10.6 Å². The fourth-order valence-corrected chi connectivity index (χ4v) is 3.74. The molecule has 0 spiro atoms. The molecule has 2 unspecified atom stereocenters. The van der Waals surface area contributed by atoms with Gasteiger partial charge in [-0.15, -0.1) is 0 Å². The quantitative estimate of drug-likeness (QED) is 0.798.